The van der Waals surface area contributed by atoms with E-state index < -0.39 is 38.7 Å². The molecule has 2 aliphatic rings. The highest BCUT2D eigenvalue weighted by molar-refractivity contribution is 7.90. The standard InChI is InChI=1S/C22H21F4NO3S/c23-19-9-7-15(11-18(19)22(24,25)26)14-6-8-16(20-12-21(28)27-31(20,29)30)17(10-14)13-4-2-1-3-5-13/h6-11,13,20H,1-5,12H2,(H,27,28)/t20-/m1/s1. The van der Waals surface area contributed by atoms with Gasteiger partial charge in [0.1, 0.15) is 11.1 Å². The topological polar surface area (TPSA) is 63.2 Å². The second-order valence-corrected chi connectivity index (χ2v) is 10.00. The quantitative estimate of drug-likeness (QED) is 0.626. The van der Waals surface area contributed by atoms with Crippen molar-refractivity contribution in [2.24, 2.45) is 0 Å². The molecule has 4 nitrogen and oxygen atoms in total. The zero-order chi connectivity index (χ0) is 22.4. The number of nitrogens with one attached hydrogen (secondary N) is 1. The SMILES string of the molecule is O=C1C[C@H](c2ccc(-c3ccc(F)c(C(F)(F)F)c3)cc2C2CCCCC2)S(=O)(=O)N1. The third-order valence-electron chi connectivity index (χ3n) is 6.09. The number of rotatable bonds is 3. The minimum absolute atomic E-state index is 0.0529. The molecule has 1 atom stereocenters. The van der Waals surface area contributed by atoms with Crippen molar-refractivity contribution in [3.05, 3.63) is 58.9 Å². The first kappa shape index (κ1) is 21.8. The summed E-state index contributed by atoms with van der Waals surface area (Å²) in [6, 6.07) is 7.66. The molecule has 0 unspecified atom stereocenters. The summed E-state index contributed by atoms with van der Waals surface area (Å²) in [4.78, 5) is 11.7. The summed E-state index contributed by atoms with van der Waals surface area (Å²) in [5.74, 6) is -1.86. The predicted octanol–water partition coefficient (Wildman–Crippen LogP) is 5.45. The summed E-state index contributed by atoms with van der Waals surface area (Å²) in [7, 11) is -3.86. The number of halogens is 4. The summed E-state index contributed by atoms with van der Waals surface area (Å²) < 4.78 is 80.1. The minimum Gasteiger partial charge on any atom is -0.274 e. The number of benzene rings is 2. The highest BCUT2D eigenvalue weighted by Gasteiger charge is 2.40. The zero-order valence-electron chi connectivity index (χ0n) is 16.5. The van der Waals surface area contributed by atoms with Gasteiger partial charge in [0.15, 0.2) is 0 Å². The lowest BCUT2D eigenvalue weighted by Crippen LogP contribution is -2.22. The molecule has 0 spiro atoms. The van der Waals surface area contributed by atoms with Crippen LogP contribution in [0.25, 0.3) is 11.1 Å². The van der Waals surface area contributed by atoms with Crippen molar-refractivity contribution in [3.63, 3.8) is 0 Å². The van der Waals surface area contributed by atoms with E-state index in [4.69, 9.17) is 0 Å². The molecule has 9 heteroatoms. The van der Waals surface area contributed by atoms with E-state index in [0.29, 0.717) is 11.1 Å². The lowest BCUT2D eigenvalue weighted by Gasteiger charge is -2.26. The molecule has 1 amide bonds. The molecule has 4 rings (SSSR count). The normalized spacial score (nSPS) is 21.8. The van der Waals surface area contributed by atoms with Crippen molar-refractivity contribution < 1.29 is 30.8 Å². The Morgan fingerprint density at radius 3 is 2.16 bits per heavy atom. The number of carbonyl (C=O) groups excluding carboxylic acids is 1. The first-order chi connectivity index (χ1) is 14.6. The molecular formula is C22H21F4NO3S. The Hall–Kier alpha value is -2.42. The van der Waals surface area contributed by atoms with Gasteiger partial charge in [-0.15, -0.1) is 0 Å². The first-order valence-corrected chi connectivity index (χ1v) is 11.7. The van der Waals surface area contributed by atoms with Gasteiger partial charge in [0.05, 0.1) is 12.0 Å². The van der Waals surface area contributed by atoms with Crippen LogP contribution in [0.1, 0.15) is 66.4 Å². The molecule has 31 heavy (non-hydrogen) atoms. The zero-order valence-corrected chi connectivity index (χ0v) is 17.3. The number of hydrogen-bond acceptors (Lipinski definition) is 3. The molecular weight excluding hydrogens is 434 g/mol. The summed E-state index contributed by atoms with van der Waals surface area (Å²) in [6.07, 6.45) is -0.328. The van der Waals surface area contributed by atoms with Crippen molar-refractivity contribution in [2.45, 2.75) is 55.9 Å². The Morgan fingerprint density at radius 2 is 1.55 bits per heavy atom. The molecule has 1 N–H and O–H groups in total. The molecule has 2 aromatic rings. The van der Waals surface area contributed by atoms with Gasteiger partial charge in [-0.3, -0.25) is 9.52 Å². The molecule has 1 saturated carbocycles. The molecule has 2 aromatic carbocycles. The fourth-order valence-corrected chi connectivity index (χ4v) is 6.03. The molecule has 0 radical (unpaired) electrons. The number of sulfonamides is 1. The third kappa shape index (κ3) is 4.33. The van der Waals surface area contributed by atoms with E-state index >= 15 is 0 Å². The maximum absolute atomic E-state index is 13.7. The average molecular weight is 455 g/mol. The molecule has 2 fully saturated rings. The molecule has 0 bridgehead atoms. The molecule has 0 aromatic heterocycles. The van der Waals surface area contributed by atoms with E-state index in [1.54, 1.807) is 12.1 Å². The second kappa shape index (κ2) is 7.93. The van der Waals surface area contributed by atoms with E-state index in [-0.39, 0.29) is 17.9 Å². The van der Waals surface area contributed by atoms with Gasteiger partial charge < -0.3 is 0 Å². The van der Waals surface area contributed by atoms with Crippen LogP contribution in [-0.4, -0.2) is 14.3 Å². The van der Waals surface area contributed by atoms with Crippen molar-refractivity contribution in [2.75, 3.05) is 0 Å². The lowest BCUT2D eigenvalue weighted by atomic mass is 9.80. The summed E-state index contributed by atoms with van der Waals surface area (Å²) in [5, 5.41) is -1.02. The molecule has 1 heterocycles. The van der Waals surface area contributed by atoms with Crippen LogP contribution in [0.15, 0.2) is 36.4 Å². The van der Waals surface area contributed by atoms with Gasteiger partial charge in [-0.25, -0.2) is 12.8 Å². The molecule has 166 valence electrons. The summed E-state index contributed by atoms with van der Waals surface area (Å²) in [5.41, 5.74) is 0.541. The predicted molar refractivity (Wildman–Crippen MR) is 107 cm³/mol. The fourth-order valence-electron chi connectivity index (χ4n) is 4.56. The fraction of sp³-hybridized carbons (Fsp3) is 0.409. The number of carbonyl (C=O) groups is 1. The van der Waals surface area contributed by atoms with Crippen LogP contribution >= 0.6 is 0 Å². The Labute approximate surface area is 177 Å². The summed E-state index contributed by atoms with van der Waals surface area (Å²) in [6.45, 7) is 0. The van der Waals surface area contributed by atoms with Gasteiger partial charge in [0.2, 0.25) is 15.9 Å². The van der Waals surface area contributed by atoms with E-state index in [0.717, 1.165) is 49.8 Å². The van der Waals surface area contributed by atoms with Gasteiger partial charge in [-0.05, 0) is 53.1 Å². The van der Waals surface area contributed by atoms with Gasteiger partial charge in [-0.1, -0.05) is 43.5 Å². The van der Waals surface area contributed by atoms with Crippen molar-refractivity contribution >= 4 is 15.9 Å². The molecule has 1 aliphatic carbocycles. The maximum Gasteiger partial charge on any atom is 0.419 e. The average Bonchev–Trinajstić information content (AvgIpc) is 2.99. The Kier molecular flexibility index (Phi) is 5.57. The van der Waals surface area contributed by atoms with E-state index in [1.165, 1.54) is 12.1 Å². The molecule has 1 saturated heterocycles. The minimum atomic E-state index is -4.82. The van der Waals surface area contributed by atoms with E-state index in [1.807, 2.05) is 4.72 Å². The number of hydrogen-bond donors (Lipinski definition) is 1. The second-order valence-electron chi connectivity index (χ2n) is 8.13. The molecule has 1 aliphatic heterocycles. The summed E-state index contributed by atoms with van der Waals surface area (Å²) >= 11 is 0. The van der Waals surface area contributed by atoms with Crippen LogP contribution < -0.4 is 4.72 Å². The van der Waals surface area contributed by atoms with Crippen molar-refractivity contribution in [1.82, 2.24) is 4.72 Å². The van der Waals surface area contributed by atoms with Crippen LogP contribution in [0.2, 0.25) is 0 Å². The smallest absolute Gasteiger partial charge is 0.274 e. The van der Waals surface area contributed by atoms with Crippen molar-refractivity contribution in [3.8, 4) is 11.1 Å². The van der Waals surface area contributed by atoms with Crippen LogP contribution in [0.4, 0.5) is 17.6 Å². The maximum atomic E-state index is 13.7. The van der Waals surface area contributed by atoms with E-state index in [9.17, 15) is 30.8 Å². The van der Waals surface area contributed by atoms with Crippen LogP contribution in [0, 0.1) is 5.82 Å². The first-order valence-electron chi connectivity index (χ1n) is 10.1. The van der Waals surface area contributed by atoms with Crippen LogP contribution in [-0.2, 0) is 21.0 Å². The third-order valence-corrected chi connectivity index (χ3v) is 7.77. The Bertz CT molecular complexity index is 1120. The Balaban J connectivity index is 1.83. The highest BCUT2D eigenvalue weighted by atomic mass is 32.2. The van der Waals surface area contributed by atoms with Gasteiger partial charge in [-0.2, -0.15) is 13.2 Å². The van der Waals surface area contributed by atoms with Crippen molar-refractivity contribution in [1.29, 1.82) is 0 Å². The van der Waals surface area contributed by atoms with Gasteiger partial charge >= 0.3 is 6.18 Å². The van der Waals surface area contributed by atoms with Gasteiger partial charge in [0.25, 0.3) is 0 Å². The van der Waals surface area contributed by atoms with E-state index in [2.05, 4.69) is 0 Å². The van der Waals surface area contributed by atoms with Gasteiger partial charge in [0, 0.05) is 0 Å². The van der Waals surface area contributed by atoms with Crippen LogP contribution in [0.3, 0.4) is 0 Å². The monoisotopic (exact) mass is 455 g/mol. The number of amides is 1. The largest absolute Gasteiger partial charge is 0.419 e. The lowest BCUT2D eigenvalue weighted by molar-refractivity contribution is -0.140. The Morgan fingerprint density at radius 1 is 0.903 bits per heavy atom. The van der Waals surface area contributed by atoms with Crippen LogP contribution in [0.5, 0.6) is 0 Å². The number of alkyl halides is 3. The highest BCUT2D eigenvalue weighted by Crippen LogP contribution is 2.42.